The van der Waals surface area contributed by atoms with Gasteiger partial charge in [-0.05, 0) is 18.6 Å². The predicted octanol–water partition coefficient (Wildman–Crippen LogP) is 1.21. The van der Waals surface area contributed by atoms with E-state index in [2.05, 4.69) is 10.2 Å². The molecule has 2 nitrogen and oxygen atoms in total. The lowest BCUT2D eigenvalue weighted by atomic mass is 10.4. The molecule has 0 fully saturated rings. The van der Waals surface area contributed by atoms with Crippen LogP contribution in [0.15, 0.2) is 18.5 Å². The van der Waals surface area contributed by atoms with Crippen molar-refractivity contribution in [2.45, 2.75) is 6.92 Å². The Morgan fingerprint density at radius 3 is 2.38 bits per heavy atom. The molecule has 0 amide bonds. The lowest BCUT2D eigenvalue weighted by molar-refractivity contribution is 1.01. The topological polar surface area (TPSA) is 25.8 Å². The molecule has 0 aliphatic heterocycles. The second kappa shape index (κ2) is 3.38. The number of hydrogen-bond acceptors (Lipinski definition) is 2. The standard InChI is InChI=1S/C5H6N2.ClH/c1-5-2-3-6-7-4-5;/h2-4H,1H3;1H. The Labute approximate surface area is 54.4 Å². The fraction of sp³-hybridized carbons (Fsp3) is 0.200. The lowest BCUT2D eigenvalue weighted by Crippen LogP contribution is -1.76. The number of nitrogens with zero attached hydrogens (tertiary/aromatic N) is 2. The van der Waals surface area contributed by atoms with E-state index < -0.39 is 0 Å². The van der Waals surface area contributed by atoms with E-state index in [1.807, 2.05) is 13.0 Å². The smallest absolute Gasteiger partial charge is 0.0525 e. The van der Waals surface area contributed by atoms with Gasteiger partial charge in [0.25, 0.3) is 0 Å². The van der Waals surface area contributed by atoms with Gasteiger partial charge in [-0.2, -0.15) is 10.2 Å². The van der Waals surface area contributed by atoms with Gasteiger partial charge >= 0.3 is 0 Å². The Kier molecular flexibility index (Phi) is 3.12. The molecule has 0 aliphatic carbocycles. The predicted molar refractivity (Wildman–Crippen MR) is 34.0 cm³/mol. The Bertz CT molecular complexity index is 140. The maximum absolute atomic E-state index is 3.63. The summed E-state index contributed by atoms with van der Waals surface area (Å²) in [4.78, 5) is 0. The average Bonchev–Trinajstić information content (AvgIpc) is 1.69. The van der Waals surface area contributed by atoms with Crippen LogP contribution in [0.4, 0.5) is 0 Å². The second-order valence-corrected chi connectivity index (χ2v) is 1.42. The molecule has 0 bridgehead atoms. The second-order valence-electron chi connectivity index (χ2n) is 1.42. The van der Waals surface area contributed by atoms with E-state index in [0.717, 1.165) is 5.56 Å². The summed E-state index contributed by atoms with van der Waals surface area (Å²) in [7, 11) is 0. The van der Waals surface area contributed by atoms with Crippen LogP contribution in [0.25, 0.3) is 0 Å². The van der Waals surface area contributed by atoms with Crippen LogP contribution in [0.1, 0.15) is 5.56 Å². The SMILES string of the molecule is Cc1ccnnc1.Cl. The summed E-state index contributed by atoms with van der Waals surface area (Å²) >= 11 is 0. The first-order chi connectivity index (χ1) is 3.39. The molecule has 0 radical (unpaired) electrons. The first-order valence-electron chi connectivity index (χ1n) is 2.13. The van der Waals surface area contributed by atoms with Crippen LogP contribution in [0.3, 0.4) is 0 Å². The van der Waals surface area contributed by atoms with Gasteiger partial charge in [0.2, 0.25) is 0 Å². The largest absolute Gasteiger partial charge is 0.159 e. The van der Waals surface area contributed by atoms with E-state index in [4.69, 9.17) is 0 Å². The maximum atomic E-state index is 3.63. The molecule has 8 heavy (non-hydrogen) atoms. The molecule has 1 aromatic rings. The zero-order valence-electron chi connectivity index (χ0n) is 4.53. The Balaban J connectivity index is 0.000000490. The van der Waals surface area contributed by atoms with E-state index in [9.17, 15) is 0 Å². The molecule has 0 N–H and O–H groups in total. The van der Waals surface area contributed by atoms with Crippen molar-refractivity contribution in [3.05, 3.63) is 24.0 Å². The molecule has 0 saturated heterocycles. The summed E-state index contributed by atoms with van der Waals surface area (Å²) < 4.78 is 0. The number of aromatic nitrogens is 2. The van der Waals surface area contributed by atoms with Crippen molar-refractivity contribution in [2.75, 3.05) is 0 Å². The monoisotopic (exact) mass is 130 g/mol. The quantitative estimate of drug-likeness (QED) is 0.528. The molecule has 0 spiro atoms. The summed E-state index contributed by atoms with van der Waals surface area (Å²) in [6, 6.07) is 1.91. The van der Waals surface area contributed by atoms with E-state index in [-0.39, 0.29) is 12.4 Å². The van der Waals surface area contributed by atoms with Gasteiger partial charge in [0, 0.05) is 6.20 Å². The van der Waals surface area contributed by atoms with Gasteiger partial charge in [-0.3, -0.25) is 0 Å². The maximum Gasteiger partial charge on any atom is 0.0525 e. The fourth-order valence-electron chi connectivity index (χ4n) is 0.357. The normalized spacial score (nSPS) is 7.62. The minimum atomic E-state index is 0. The molecule has 1 aromatic heterocycles. The van der Waals surface area contributed by atoms with Crippen molar-refractivity contribution < 1.29 is 0 Å². The van der Waals surface area contributed by atoms with Crippen molar-refractivity contribution >= 4 is 12.4 Å². The molecule has 0 saturated carbocycles. The molecule has 0 atom stereocenters. The Morgan fingerprint density at radius 1 is 1.38 bits per heavy atom. The van der Waals surface area contributed by atoms with E-state index >= 15 is 0 Å². The van der Waals surface area contributed by atoms with Crippen LogP contribution < -0.4 is 0 Å². The van der Waals surface area contributed by atoms with E-state index in [1.54, 1.807) is 12.4 Å². The number of halogens is 1. The van der Waals surface area contributed by atoms with Crippen LogP contribution in [-0.2, 0) is 0 Å². The molecule has 0 aliphatic rings. The molecular weight excluding hydrogens is 124 g/mol. The molecule has 3 heteroatoms. The number of rotatable bonds is 0. The molecule has 1 heterocycles. The van der Waals surface area contributed by atoms with E-state index in [1.165, 1.54) is 0 Å². The first-order valence-corrected chi connectivity index (χ1v) is 2.13. The first kappa shape index (κ1) is 7.37. The summed E-state index contributed by atoms with van der Waals surface area (Å²) in [5.74, 6) is 0. The van der Waals surface area contributed by atoms with Crippen LogP contribution in [-0.4, -0.2) is 10.2 Å². The third-order valence-corrected chi connectivity index (χ3v) is 0.732. The molecule has 44 valence electrons. The summed E-state index contributed by atoms with van der Waals surface area (Å²) in [6.45, 7) is 1.98. The highest BCUT2D eigenvalue weighted by atomic mass is 35.5. The van der Waals surface area contributed by atoms with Gasteiger partial charge in [0.05, 0.1) is 6.20 Å². The van der Waals surface area contributed by atoms with Crippen molar-refractivity contribution in [1.29, 1.82) is 0 Å². The molecular formula is C5H7ClN2. The highest BCUT2D eigenvalue weighted by molar-refractivity contribution is 5.85. The number of hydrogen-bond donors (Lipinski definition) is 0. The third-order valence-electron chi connectivity index (χ3n) is 0.732. The molecule has 0 unspecified atom stereocenters. The molecule has 0 aromatic carbocycles. The van der Waals surface area contributed by atoms with Gasteiger partial charge in [-0.25, -0.2) is 0 Å². The van der Waals surface area contributed by atoms with Gasteiger partial charge in [0.15, 0.2) is 0 Å². The number of aryl methyl sites for hydroxylation is 1. The van der Waals surface area contributed by atoms with Gasteiger partial charge in [0.1, 0.15) is 0 Å². The Hall–Kier alpha value is -0.630. The van der Waals surface area contributed by atoms with Crippen molar-refractivity contribution in [2.24, 2.45) is 0 Å². The van der Waals surface area contributed by atoms with Crippen molar-refractivity contribution in [1.82, 2.24) is 10.2 Å². The van der Waals surface area contributed by atoms with Crippen LogP contribution in [0.5, 0.6) is 0 Å². The van der Waals surface area contributed by atoms with Gasteiger partial charge in [-0.1, -0.05) is 0 Å². The minimum Gasteiger partial charge on any atom is -0.159 e. The molecule has 1 rings (SSSR count). The summed E-state index contributed by atoms with van der Waals surface area (Å²) in [5, 5.41) is 7.23. The highest BCUT2D eigenvalue weighted by Gasteiger charge is 1.74. The van der Waals surface area contributed by atoms with Crippen LogP contribution in [0.2, 0.25) is 0 Å². The van der Waals surface area contributed by atoms with Gasteiger partial charge < -0.3 is 0 Å². The Morgan fingerprint density at radius 2 is 2.12 bits per heavy atom. The zero-order valence-corrected chi connectivity index (χ0v) is 5.35. The van der Waals surface area contributed by atoms with Crippen LogP contribution >= 0.6 is 12.4 Å². The zero-order chi connectivity index (χ0) is 5.11. The summed E-state index contributed by atoms with van der Waals surface area (Å²) in [5.41, 5.74) is 1.15. The van der Waals surface area contributed by atoms with Crippen molar-refractivity contribution in [3.63, 3.8) is 0 Å². The third kappa shape index (κ3) is 1.89. The lowest BCUT2D eigenvalue weighted by Gasteiger charge is -1.80. The summed E-state index contributed by atoms with van der Waals surface area (Å²) in [6.07, 6.45) is 3.40. The van der Waals surface area contributed by atoms with E-state index in [0.29, 0.717) is 0 Å². The fourth-order valence-corrected chi connectivity index (χ4v) is 0.357. The van der Waals surface area contributed by atoms with Gasteiger partial charge in [-0.15, -0.1) is 12.4 Å². The van der Waals surface area contributed by atoms with Crippen molar-refractivity contribution in [3.8, 4) is 0 Å². The minimum absolute atomic E-state index is 0. The van der Waals surface area contributed by atoms with Crippen LogP contribution in [0, 0.1) is 6.92 Å². The highest BCUT2D eigenvalue weighted by Crippen LogP contribution is 1.85. The average molecular weight is 131 g/mol.